The number of benzene rings is 2. The van der Waals surface area contributed by atoms with Crippen molar-refractivity contribution < 1.29 is 22.7 Å². The van der Waals surface area contributed by atoms with Crippen LogP contribution in [0.5, 0.6) is 11.5 Å². The van der Waals surface area contributed by atoms with Crippen molar-refractivity contribution in [3.8, 4) is 11.5 Å². The van der Waals surface area contributed by atoms with Gasteiger partial charge in [0, 0.05) is 17.8 Å². The number of amides is 1. The molecule has 2 heterocycles. The molecule has 0 saturated carbocycles. The third-order valence-corrected chi connectivity index (χ3v) is 6.22. The van der Waals surface area contributed by atoms with Crippen LogP contribution in [-0.2, 0) is 21.4 Å². The van der Waals surface area contributed by atoms with Crippen LogP contribution in [0.25, 0.3) is 11.6 Å². The number of H-pyrrole nitrogens is 1. The van der Waals surface area contributed by atoms with E-state index in [1.165, 1.54) is 32.7 Å². The lowest BCUT2D eigenvalue weighted by atomic mass is 10.1. The second kappa shape index (κ2) is 8.25. The minimum atomic E-state index is -3.83. The predicted molar refractivity (Wildman–Crippen MR) is 115 cm³/mol. The van der Waals surface area contributed by atoms with E-state index in [2.05, 4.69) is 20.0 Å². The number of hydrogen-bond donors (Lipinski definition) is 3. The lowest BCUT2D eigenvalue weighted by Gasteiger charge is -2.11. The number of hydrogen-bond acceptors (Lipinski definition) is 6. The van der Waals surface area contributed by atoms with Gasteiger partial charge >= 0.3 is 0 Å². The molecule has 31 heavy (non-hydrogen) atoms. The summed E-state index contributed by atoms with van der Waals surface area (Å²) in [5, 5.41) is 2.74. The number of ether oxygens (including phenoxy) is 2. The van der Waals surface area contributed by atoms with Gasteiger partial charge in [0.1, 0.15) is 0 Å². The molecule has 3 aromatic rings. The van der Waals surface area contributed by atoms with Gasteiger partial charge in [-0.05, 0) is 42.0 Å². The topological polar surface area (TPSA) is 122 Å². The summed E-state index contributed by atoms with van der Waals surface area (Å²) in [6, 6.07) is 9.67. The van der Waals surface area contributed by atoms with Crippen LogP contribution in [0.3, 0.4) is 0 Å². The molecule has 0 radical (unpaired) electrons. The number of aromatic nitrogens is 2. The van der Waals surface area contributed by atoms with Crippen LogP contribution < -0.4 is 19.5 Å². The van der Waals surface area contributed by atoms with Crippen molar-refractivity contribution in [2.45, 2.75) is 11.4 Å². The van der Waals surface area contributed by atoms with Gasteiger partial charge in [-0.3, -0.25) is 4.79 Å². The molecule has 1 aliphatic rings. The Bertz CT molecular complexity index is 1270. The molecule has 0 saturated heterocycles. The minimum absolute atomic E-state index is 0.0544. The quantitative estimate of drug-likeness (QED) is 0.485. The highest BCUT2D eigenvalue weighted by Crippen LogP contribution is 2.34. The number of imidazole rings is 1. The molecular formula is C21H20N4O5S. The van der Waals surface area contributed by atoms with Crippen molar-refractivity contribution >= 4 is 33.3 Å². The molecule has 0 fully saturated rings. The molecule has 0 atom stereocenters. The largest absolute Gasteiger partial charge is 0.493 e. The molecule has 4 rings (SSSR count). The molecule has 1 aliphatic heterocycles. The second-order valence-corrected chi connectivity index (χ2v) is 8.51. The van der Waals surface area contributed by atoms with Crippen molar-refractivity contribution in [3.63, 3.8) is 0 Å². The fourth-order valence-corrected chi connectivity index (χ4v) is 4.27. The Kier molecular flexibility index (Phi) is 5.49. The van der Waals surface area contributed by atoms with Crippen LogP contribution in [-0.4, -0.2) is 38.5 Å². The normalized spacial score (nSPS) is 14.4. The van der Waals surface area contributed by atoms with Crippen LogP contribution >= 0.6 is 0 Å². The van der Waals surface area contributed by atoms with E-state index in [0.29, 0.717) is 39.6 Å². The number of nitrogens with one attached hydrogen (secondary N) is 3. The third kappa shape index (κ3) is 4.16. The van der Waals surface area contributed by atoms with E-state index < -0.39 is 10.0 Å². The molecule has 10 heteroatoms. The summed E-state index contributed by atoms with van der Waals surface area (Å²) < 4.78 is 38.8. The van der Waals surface area contributed by atoms with Gasteiger partial charge in [0.25, 0.3) is 5.91 Å². The summed E-state index contributed by atoms with van der Waals surface area (Å²) in [6.07, 6.45) is 4.70. The Balaban J connectivity index is 1.59. The first-order valence-electron chi connectivity index (χ1n) is 9.27. The van der Waals surface area contributed by atoms with Crippen molar-refractivity contribution in [1.29, 1.82) is 0 Å². The first kappa shape index (κ1) is 20.6. The fourth-order valence-electron chi connectivity index (χ4n) is 3.23. The van der Waals surface area contributed by atoms with Crippen molar-refractivity contribution in [2.75, 3.05) is 19.5 Å². The van der Waals surface area contributed by atoms with Gasteiger partial charge in [-0.1, -0.05) is 6.07 Å². The number of carbonyl (C=O) groups excluding carboxylic acids is 1. The summed E-state index contributed by atoms with van der Waals surface area (Å²) in [4.78, 5) is 19.2. The van der Waals surface area contributed by atoms with Crippen LogP contribution in [0.1, 0.15) is 16.8 Å². The lowest BCUT2D eigenvalue weighted by molar-refractivity contribution is -0.110. The standard InChI is InChI=1S/C21H20N4O5S/c1-29-19-6-3-13(7-20(19)30-2)10-24-31(27,28)15-4-5-18-16(9-15)17(21(26)25-18)8-14-11-22-12-23-14/h3-9,11-12,24H,10H2,1-2H3,(H,22,23)(H,25,26)/b17-8-. The summed E-state index contributed by atoms with van der Waals surface area (Å²) >= 11 is 0. The van der Waals surface area contributed by atoms with E-state index in [4.69, 9.17) is 9.47 Å². The zero-order valence-electron chi connectivity index (χ0n) is 16.8. The first-order valence-corrected chi connectivity index (χ1v) is 10.8. The van der Waals surface area contributed by atoms with E-state index in [0.717, 1.165) is 0 Å². The van der Waals surface area contributed by atoms with E-state index in [1.54, 1.807) is 36.5 Å². The van der Waals surface area contributed by atoms with Crippen LogP contribution in [0.2, 0.25) is 0 Å². The number of carbonyl (C=O) groups is 1. The summed E-state index contributed by atoms with van der Waals surface area (Å²) in [5.41, 5.74) is 2.76. The summed E-state index contributed by atoms with van der Waals surface area (Å²) in [5.74, 6) is 0.758. The van der Waals surface area contributed by atoms with Gasteiger partial charge in [-0.15, -0.1) is 0 Å². The van der Waals surface area contributed by atoms with Crippen LogP contribution in [0.4, 0.5) is 5.69 Å². The molecule has 3 N–H and O–H groups in total. The number of nitrogens with zero attached hydrogens (tertiary/aromatic N) is 1. The SMILES string of the molecule is COc1ccc(CNS(=O)(=O)c2ccc3c(c2)/C(=C/c2cnc[nH]2)C(=O)N3)cc1OC. The molecule has 160 valence electrons. The maximum atomic E-state index is 12.9. The molecule has 0 bridgehead atoms. The predicted octanol–water partition coefficient (Wildman–Crippen LogP) is 2.40. The van der Waals surface area contributed by atoms with Gasteiger partial charge in [0.2, 0.25) is 10.0 Å². The highest BCUT2D eigenvalue weighted by molar-refractivity contribution is 7.89. The number of rotatable bonds is 7. The zero-order chi connectivity index (χ0) is 22.0. The molecule has 1 aromatic heterocycles. The molecule has 0 aliphatic carbocycles. The zero-order valence-corrected chi connectivity index (χ0v) is 17.6. The Morgan fingerprint density at radius 3 is 2.61 bits per heavy atom. The number of fused-ring (bicyclic) bond motifs is 1. The Morgan fingerprint density at radius 1 is 1.10 bits per heavy atom. The van der Waals surface area contributed by atoms with Crippen LogP contribution in [0, 0.1) is 0 Å². The molecule has 1 amide bonds. The summed E-state index contributed by atoms with van der Waals surface area (Å²) in [7, 11) is -0.782. The third-order valence-electron chi connectivity index (χ3n) is 4.82. The number of anilines is 1. The highest BCUT2D eigenvalue weighted by atomic mass is 32.2. The van der Waals surface area contributed by atoms with E-state index in [9.17, 15) is 13.2 Å². The Morgan fingerprint density at radius 2 is 1.90 bits per heavy atom. The van der Waals surface area contributed by atoms with Gasteiger partial charge in [-0.25, -0.2) is 18.1 Å². The van der Waals surface area contributed by atoms with Crippen LogP contribution in [0.15, 0.2) is 53.8 Å². The van der Waals surface area contributed by atoms with Crippen molar-refractivity contribution in [1.82, 2.24) is 14.7 Å². The van der Waals surface area contributed by atoms with E-state index in [-0.39, 0.29) is 17.3 Å². The lowest BCUT2D eigenvalue weighted by Crippen LogP contribution is -2.23. The van der Waals surface area contributed by atoms with Gasteiger partial charge < -0.3 is 19.8 Å². The molecular weight excluding hydrogens is 420 g/mol. The maximum absolute atomic E-state index is 12.9. The van der Waals surface area contributed by atoms with Gasteiger partial charge in [0.15, 0.2) is 11.5 Å². The second-order valence-electron chi connectivity index (χ2n) is 6.74. The van der Waals surface area contributed by atoms with Crippen molar-refractivity contribution in [2.24, 2.45) is 0 Å². The number of sulfonamides is 1. The molecule has 0 spiro atoms. The number of aromatic amines is 1. The minimum Gasteiger partial charge on any atom is -0.493 e. The number of methoxy groups -OCH3 is 2. The van der Waals surface area contributed by atoms with Gasteiger partial charge in [-0.2, -0.15) is 0 Å². The monoisotopic (exact) mass is 440 g/mol. The molecule has 0 unspecified atom stereocenters. The molecule has 9 nitrogen and oxygen atoms in total. The van der Waals surface area contributed by atoms with Gasteiger partial charge in [0.05, 0.1) is 42.9 Å². The average Bonchev–Trinajstić information content (AvgIpc) is 3.40. The summed E-state index contributed by atoms with van der Waals surface area (Å²) in [6.45, 7) is 0.0633. The Hall–Kier alpha value is -3.63. The maximum Gasteiger partial charge on any atom is 0.256 e. The first-order chi connectivity index (χ1) is 14.9. The average molecular weight is 440 g/mol. The van der Waals surface area contributed by atoms with E-state index in [1.807, 2.05) is 0 Å². The fraction of sp³-hybridized carbons (Fsp3) is 0.143. The highest BCUT2D eigenvalue weighted by Gasteiger charge is 2.27. The molecule has 2 aromatic carbocycles. The van der Waals surface area contributed by atoms with E-state index >= 15 is 0 Å². The smallest absolute Gasteiger partial charge is 0.256 e. The van der Waals surface area contributed by atoms with Crippen molar-refractivity contribution in [3.05, 3.63) is 65.7 Å². The Labute approximate surface area is 179 Å².